The Morgan fingerprint density at radius 2 is 1.50 bits per heavy atom. The number of unbranched alkanes of at least 4 members (excludes halogenated alkanes) is 3. The first-order valence-corrected chi connectivity index (χ1v) is 15.5. The standard InChI is InChI=1S/C19H32N2O.C11H12FO2.C5H13N/c1-6-8-14-20-17-12-10-16(11-13-17)18(22)19(3,4)21(5)15-9-7-2;1-10(2)11(13-3,14-10)8-4-6-9(12)7-5-8;1-3-4-5-6-2/h10-13,20H,6-9,14-15H2,1-5H3;4-7H,1H2,2-3H3;6H,3-5H2,1-2H3/q;+1;. The molecule has 0 amide bonds. The van der Waals surface area contributed by atoms with E-state index in [4.69, 9.17) is 9.47 Å². The fourth-order valence-electron chi connectivity index (χ4n) is 4.40. The highest BCUT2D eigenvalue weighted by atomic mass is 19.1. The van der Waals surface area contributed by atoms with Crippen molar-refractivity contribution in [1.82, 2.24) is 10.2 Å². The van der Waals surface area contributed by atoms with E-state index in [9.17, 15) is 9.18 Å². The second-order valence-corrected chi connectivity index (χ2v) is 11.6. The number of nitrogens with zero attached hydrogens (tertiary/aromatic N) is 1. The van der Waals surface area contributed by atoms with Crippen LogP contribution in [0.15, 0.2) is 48.5 Å². The number of halogens is 1. The third kappa shape index (κ3) is 11.0. The molecule has 1 heterocycles. The van der Waals surface area contributed by atoms with Gasteiger partial charge < -0.3 is 15.4 Å². The van der Waals surface area contributed by atoms with Crippen molar-refractivity contribution < 1.29 is 18.7 Å². The average Bonchev–Trinajstić information content (AvgIpc) is 3.57. The van der Waals surface area contributed by atoms with E-state index in [1.165, 1.54) is 31.4 Å². The summed E-state index contributed by atoms with van der Waals surface area (Å²) in [6, 6.07) is 13.9. The van der Waals surface area contributed by atoms with Crippen LogP contribution in [-0.2, 0) is 15.3 Å². The zero-order valence-electron chi connectivity index (χ0n) is 27.7. The van der Waals surface area contributed by atoms with Gasteiger partial charge in [0.15, 0.2) is 5.78 Å². The molecule has 236 valence electrons. The minimum absolute atomic E-state index is 0.186. The van der Waals surface area contributed by atoms with Gasteiger partial charge in [0.25, 0.3) is 11.4 Å². The van der Waals surface area contributed by atoms with Gasteiger partial charge in [0.1, 0.15) is 12.7 Å². The number of rotatable bonds is 15. The van der Waals surface area contributed by atoms with Crippen molar-refractivity contribution in [3.63, 3.8) is 0 Å². The number of benzene rings is 2. The van der Waals surface area contributed by atoms with Crippen LogP contribution < -0.4 is 10.6 Å². The summed E-state index contributed by atoms with van der Waals surface area (Å²) in [6.45, 7) is 19.4. The van der Waals surface area contributed by atoms with Gasteiger partial charge in [-0.25, -0.2) is 4.39 Å². The number of nitrogens with one attached hydrogen (secondary N) is 2. The number of Topliss-reactive ketones (excluding diaryl/α,β-unsaturated/α-hetero) is 1. The smallest absolute Gasteiger partial charge is 0.272 e. The topological polar surface area (TPSA) is 66.1 Å². The quantitative estimate of drug-likeness (QED) is 0.0959. The Morgan fingerprint density at radius 3 is 1.93 bits per heavy atom. The third-order valence-corrected chi connectivity index (χ3v) is 7.68. The van der Waals surface area contributed by atoms with Gasteiger partial charge in [-0.15, -0.1) is 0 Å². The van der Waals surface area contributed by atoms with E-state index in [0.29, 0.717) is 0 Å². The molecule has 2 aromatic carbocycles. The molecule has 1 saturated heterocycles. The first kappa shape index (κ1) is 37.6. The van der Waals surface area contributed by atoms with Crippen molar-refractivity contribution in [3.05, 3.63) is 72.4 Å². The zero-order chi connectivity index (χ0) is 31.8. The highest BCUT2D eigenvalue weighted by Gasteiger charge is 2.73. The van der Waals surface area contributed by atoms with Crippen LogP contribution >= 0.6 is 0 Å². The Bertz CT molecular complexity index is 1020. The SMILES string of the molecule is CCCCNC.CCCCNc1ccc(C(=O)C(C)(C)N(C)CCCC)cc1.[CH2+]C1(C)OC1(OC)c1ccc(F)cc1. The Kier molecular flexibility index (Phi) is 16.3. The number of likely N-dealkylation sites (N-methyl/N-ethyl adjacent to an activating group) is 1. The average molecular weight is 587 g/mol. The molecular weight excluding hydrogens is 529 g/mol. The maximum Gasteiger partial charge on any atom is 0.272 e. The van der Waals surface area contributed by atoms with Crippen LogP contribution in [0.1, 0.15) is 96.0 Å². The highest BCUT2D eigenvalue weighted by Crippen LogP contribution is 2.55. The van der Waals surface area contributed by atoms with E-state index < -0.39 is 16.9 Å². The lowest BCUT2D eigenvalue weighted by Crippen LogP contribution is -2.48. The van der Waals surface area contributed by atoms with E-state index in [2.05, 4.69) is 43.2 Å². The number of epoxide rings is 1. The van der Waals surface area contributed by atoms with Crippen LogP contribution in [-0.4, -0.2) is 62.7 Å². The molecule has 42 heavy (non-hydrogen) atoms. The van der Waals surface area contributed by atoms with Gasteiger partial charge in [0, 0.05) is 37.4 Å². The molecule has 0 aliphatic carbocycles. The lowest BCUT2D eigenvalue weighted by atomic mass is 9.91. The predicted molar refractivity (Wildman–Crippen MR) is 175 cm³/mol. The van der Waals surface area contributed by atoms with Crippen LogP contribution in [0.3, 0.4) is 0 Å². The van der Waals surface area contributed by atoms with E-state index in [1.54, 1.807) is 19.2 Å². The largest absolute Gasteiger partial charge is 0.385 e. The molecule has 0 saturated carbocycles. The van der Waals surface area contributed by atoms with Gasteiger partial charge in [0.05, 0.1) is 5.54 Å². The molecule has 3 rings (SSSR count). The Hall–Kier alpha value is -2.45. The lowest BCUT2D eigenvalue weighted by molar-refractivity contribution is -0.0146. The maximum absolute atomic E-state index is 12.8. The van der Waals surface area contributed by atoms with Crippen LogP contribution in [0.25, 0.3) is 0 Å². The fourth-order valence-corrected chi connectivity index (χ4v) is 4.40. The Balaban J connectivity index is 0.000000373. The molecule has 0 aromatic heterocycles. The normalized spacial score (nSPS) is 19.3. The summed E-state index contributed by atoms with van der Waals surface area (Å²) >= 11 is 0. The summed E-state index contributed by atoms with van der Waals surface area (Å²) in [6.07, 6.45) is 7.20. The van der Waals surface area contributed by atoms with Crippen molar-refractivity contribution in [2.75, 3.05) is 46.2 Å². The van der Waals surface area contributed by atoms with Gasteiger partial charge in [-0.3, -0.25) is 14.4 Å². The van der Waals surface area contributed by atoms with E-state index in [-0.39, 0.29) is 11.6 Å². The second kappa shape index (κ2) is 18.3. The van der Waals surface area contributed by atoms with Gasteiger partial charge in [-0.1, -0.05) is 52.2 Å². The number of hydrogen-bond donors (Lipinski definition) is 2. The van der Waals surface area contributed by atoms with Crippen molar-refractivity contribution >= 4 is 11.5 Å². The fraction of sp³-hybridized carbons (Fsp3) is 0.600. The van der Waals surface area contributed by atoms with Gasteiger partial charge in [-0.2, -0.15) is 0 Å². The predicted octanol–water partition coefficient (Wildman–Crippen LogP) is 7.85. The number of carbonyl (C=O) groups excluding carboxylic acids is 1. The van der Waals surface area contributed by atoms with Crippen LogP contribution in [0.4, 0.5) is 10.1 Å². The number of carbonyl (C=O) groups is 1. The number of ether oxygens (including phenoxy) is 2. The van der Waals surface area contributed by atoms with Gasteiger partial charge >= 0.3 is 0 Å². The molecule has 0 bridgehead atoms. The minimum Gasteiger partial charge on any atom is -0.385 e. The molecule has 0 radical (unpaired) electrons. The Morgan fingerprint density at radius 1 is 0.976 bits per heavy atom. The number of hydrogen-bond acceptors (Lipinski definition) is 6. The first-order chi connectivity index (χ1) is 19.9. The van der Waals surface area contributed by atoms with Crippen LogP contribution in [0.5, 0.6) is 0 Å². The van der Waals surface area contributed by atoms with E-state index in [1.807, 2.05) is 59.1 Å². The third-order valence-electron chi connectivity index (χ3n) is 7.68. The van der Waals surface area contributed by atoms with Gasteiger partial charge in [0.2, 0.25) is 0 Å². The number of anilines is 1. The number of ketones is 1. The number of methoxy groups -OCH3 is 1. The summed E-state index contributed by atoms with van der Waals surface area (Å²) in [4.78, 5) is 14.9. The monoisotopic (exact) mass is 586 g/mol. The maximum atomic E-state index is 12.8. The molecule has 7 heteroatoms. The van der Waals surface area contributed by atoms with E-state index >= 15 is 0 Å². The molecule has 0 spiro atoms. The molecule has 2 atom stereocenters. The van der Waals surface area contributed by atoms with Crippen LogP contribution in [0, 0.1) is 12.7 Å². The second-order valence-electron chi connectivity index (χ2n) is 11.6. The van der Waals surface area contributed by atoms with Gasteiger partial charge in [-0.05, 0) is 96.7 Å². The summed E-state index contributed by atoms with van der Waals surface area (Å²) in [5.74, 6) is -0.890. The Labute approximate surface area is 255 Å². The van der Waals surface area contributed by atoms with E-state index in [0.717, 1.165) is 55.7 Å². The minimum atomic E-state index is -0.805. The first-order valence-electron chi connectivity index (χ1n) is 15.5. The molecule has 1 fully saturated rings. The van der Waals surface area contributed by atoms with Crippen molar-refractivity contribution in [2.45, 2.75) is 97.0 Å². The molecule has 1 aliphatic rings. The molecular formula is C35H57FN3O3+. The van der Waals surface area contributed by atoms with Crippen molar-refractivity contribution in [1.29, 1.82) is 0 Å². The molecule has 2 aromatic rings. The molecule has 6 nitrogen and oxygen atoms in total. The van der Waals surface area contributed by atoms with Crippen molar-refractivity contribution in [3.8, 4) is 0 Å². The molecule has 1 aliphatic heterocycles. The summed E-state index contributed by atoms with van der Waals surface area (Å²) < 4.78 is 23.4. The summed E-state index contributed by atoms with van der Waals surface area (Å²) in [5.41, 5.74) is 1.61. The molecule has 2 unspecified atom stereocenters. The van der Waals surface area contributed by atoms with Crippen molar-refractivity contribution in [2.24, 2.45) is 0 Å². The molecule has 2 N–H and O–H groups in total. The summed E-state index contributed by atoms with van der Waals surface area (Å²) in [5, 5.41) is 6.45. The zero-order valence-corrected chi connectivity index (χ0v) is 27.7. The lowest BCUT2D eigenvalue weighted by Gasteiger charge is -2.34. The highest BCUT2D eigenvalue weighted by molar-refractivity contribution is 6.02. The van der Waals surface area contributed by atoms with Crippen LogP contribution in [0.2, 0.25) is 0 Å². The summed E-state index contributed by atoms with van der Waals surface area (Å²) in [7, 11) is 5.57.